The lowest BCUT2D eigenvalue weighted by atomic mass is 10.3. The second-order valence-corrected chi connectivity index (χ2v) is 3.86. The lowest BCUT2D eigenvalue weighted by Crippen LogP contribution is -2.25. The Bertz CT molecular complexity index is 557. The molecule has 4 nitrogen and oxygen atoms in total. The van der Waals surface area contributed by atoms with Gasteiger partial charge in [0, 0.05) is 25.2 Å². The molecule has 0 aliphatic rings. The van der Waals surface area contributed by atoms with Crippen LogP contribution in [-0.4, -0.2) is 22.0 Å². The first-order valence-electron chi connectivity index (χ1n) is 5.52. The van der Waals surface area contributed by atoms with Crippen LogP contribution in [0, 0.1) is 0 Å². The number of nitrogens with one attached hydrogen (secondary N) is 1. The van der Waals surface area contributed by atoms with Crippen LogP contribution in [0.4, 0.5) is 0 Å². The van der Waals surface area contributed by atoms with Crippen molar-refractivity contribution in [2.24, 2.45) is 7.05 Å². The Labute approximate surface area is 100.0 Å². The molecule has 0 saturated heterocycles. The highest BCUT2D eigenvalue weighted by atomic mass is 16.1. The van der Waals surface area contributed by atoms with Crippen molar-refractivity contribution in [1.29, 1.82) is 0 Å². The van der Waals surface area contributed by atoms with E-state index in [2.05, 4.69) is 16.9 Å². The number of rotatable bonds is 4. The van der Waals surface area contributed by atoms with E-state index in [1.807, 2.05) is 23.7 Å². The van der Waals surface area contributed by atoms with Crippen LogP contribution >= 0.6 is 0 Å². The summed E-state index contributed by atoms with van der Waals surface area (Å²) in [5.41, 5.74) is 1.61. The Balaban J connectivity index is 2.26. The summed E-state index contributed by atoms with van der Waals surface area (Å²) in [7, 11) is 1.87. The molecule has 0 spiro atoms. The van der Waals surface area contributed by atoms with E-state index in [1.165, 1.54) is 0 Å². The Morgan fingerprint density at radius 3 is 3.18 bits per heavy atom. The fraction of sp³-hybridized carbons (Fsp3) is 0.231. The van der Waals surface area contributed by atoms with E-state index in [-0.39, 0.29) is 5.91 Å². The molecule has 0 aliphatic heterocycles. The van der Waals surface area contributed by atoms with Crippen molar-refractivity contribution in [2.45, 2.75) is 6.42 Å². The van der Waals surface area contributed by atoms with E-state index in [4.69, 9.17) is 0 Å². The number of hydrogen-bond acceptors (Lipinski definition) is 2. The second-order valence-electron chi connectivity index (χ2n) is 3.86. The highest BCUT2D eigenvalue weighted by Gasteiger charge is 2.12. The molecule has 4 heteroatoms. The normalized spacial score (nSPS) is 10.4. The lowest BCUT2D eigenvalue weighted by molar-refractivity contribution is 0.0946. The molecule has 2 aromatic heterocycles. The molecule has 0 bridgehead atoms. The Hall–Kier alpha value is -2.10. The van der Waals surface area contributed by atoms with Crippen molar-refractivity contribution in [1.82, 2.24) is 14.9 Å². The van der Waals surface area contributed by atoms with Crippen molar-refractivity contribution in [3.8, 4) is 0 Å². The van der Waals surface area contributed by atoms with Gasteiger partial charge < -0.3 is 9.88 Å². The van der Waals surface area contributed by atoms with Crippen LogP contribution in [0.5, 0.6) is 0 Å². The zero-order chi connectivity index (χ0) is 12.3. The fourth-order valence-electron chi connectivity index (χ4n) is 1.77. The van der Waals surface area contributed by atoms with Crippen molar-refractivity contribution in [3.05, 3.63) is 42.9 Å². The fourth-order valence-corrected chi connectivity index (χ4v) is 1.77. The van der Waals surface area contributed by atoms with E-state index in [0.29, 0.717) is 12.2 Å². The molecule has 1 amide bonds. The molecule has 0 unspecified atom stereocenters. The SMILES string of the molecule is C=CCCNC(=O)c1cc2ccncc2n1C. The van der Waals surface area contributed by atoms with Gasteiger partial charge in [0.15, 0.2) is 0 Å². The summed E-state index contributed by atoms with van der Waals surface area (Å²) in [5.74, 6) is -0.0643. The Morgan fingerprint density at radius 1 is 1.65 bits per heavy atom. The molecular formula is C13H15N3O. The third kappa shape index (κ3) is 2.20. The van der Waals surface area contributed by atoms with E-state index >= 15 is 0 Å². The number of aryl methyl sites for hydroxylation is 1. The van der Waals surface area contributed by atoms with Gasteiger partial charge in [-0.3, -0.25) is 9.78 Å². The number of hydrogen-bond donors (Lipinski definition) is 1. The lowest BCUT2D eigenvalue weighted by Gasteiger charge is -2.04. The smallest absolute Gasteiger partial charge is 0.267 e. The van der Waals surface area contributed by atoms with Gasteiger partial charge in [0.25, 0.3) is 5.91 Å². The van der Waals surface area contributed by atoms with Crippen LogP contribution in [0.15, 0.2) is 37.2 Å². The predicted octanol–water partition coefficient (Wildman–Crippen LogP) is 1.88. The van der Waals surface area contributed by atoms with Crippen LogP contribution < -0.4 is 5.32 Å². The van der Waals surface area contributed by atoms with Gasteiger partial charge in [-0.25, -0.2) is 0 Å². The minimum absolute atomic E-state index is 0.0643. The van der Waals surface area contributed by atoms with Gasteiger partial charge in [-0.05, 0) is 18.6 Å². The van der Waals surface area contributed by atoms with Crippen LogP contribution in [0.25, 0.3) is 10.9 Å². The van der Waals surface area contributed by atoms with Gasteiger partial charge in [0.2, 0.25) is 0 Å². The molecule has 0 aromatic carbocycles. The van der Waals surface area contributed by atoms with Crippen molar-refractivity contribution < 1.29 is 4.79 Å². The molecule has 2 aromatic rings. The van der Waals surface area contributed by atoms with Gasteiger partial charge in [-0.2, -0.15) is 0 Å². The molecule has 0 aliphatic carbocycles. The second kappa shape index (κ2) is 4.82. The molecule has 0 fully saturated rings. The number of aromatic nitrogens is 2. The Kier molecular flexibility index (Phi) is 3.23. The van der Waals surface area contributed by atoms with E-state index < -0.39 is 0 Å². The maximum absolute atomic E-state index is 11.9. The zero-order valence-corrected chi connectivity index (χ0v) is 9.81. The van der Waals surface area contributed by atoms with Gasteiger partial charge in [-0.15, -0.1) is 6.58 Å². The van der Waals surface area contributed by atoms with Crippen LogP contribution in [0.2, 0.25) is 0 Å². The first kappa shape index (κ1) is 11.4. The van der Waals surface area contributed by atoms with Crippen molar-refractivity contribution >= 4 is 16.8 Å². The minimum Gasteiger partial charge on any atom is -0.350 e. The molecule has 2 heterocycles. The molecule has 0 radical (unpaired) electrons. The summed E-state index contributed by atoms with van der Waals surface area (Å²) < 4.78 is 1.85. The standard InChI is InChI=1S/C13H15N3O/c1-3-4-6-15-13(17)11-8-10-5-7-14-9-12(10)16(11)2/h3,5,7-9H,1,4,6H2,2H3,(H,15,17). The summed E-state index contributed by atoms with van der Waals surface area (Å²) in [6.07, 6.45) is 6.04. The topological polar surface area (TPSA) is 46.9 Å². The molecule has 0 atom stereocenters. The van der Waals surface area contributed by atoms with E-state index in [0.717, 1.165) is 17.3 Å². The largest absolute Gasteiger partial charge is 0.350 e. The highest BCUT2D eigenvalue weighted by molar-refractivity contribution is 5.98. The van der Waals surface area contributed by atoms with Gasteiger partial charge in [-0.1, -0.05) is 6.08 Å². The van der Waals surface area contributed by atoms with E-state index in [9.17, 15) is 4.79 Å². The summed E-state index contributed by atoms with van der Waals surface area (Å²) in [5, 5.41) is 3.87. The molecule has 88 valence electrons. The number of amides is 1. The van der Waals surface area contributed by atoms with Crippen LogP contribution in [0.3, 0.4) is 0 Å². The summed E-state index contributed by atoms with van der Waals surface area (Å²) in [6, 6.07) is 3.77. The summed E-state index contributed by atoms with van der Waals surface area (Å²) in [4.78, 5) is 16.0. The molecular weight excluding hydrogens is 214 g/mol. The van der Waals surface area contributed by atoms with E-state index in [1.54, 1.807) is 18.5 Å². The van der Waals surface area contributed by atoms with Crippen molar-refractivity contribution in [3.63, 3.8) is 0 Å². The average molecular weight is 229 g/mol. The summed E-state index contributed by atoms with van der Waals surface area (Å²) in [6.45, 7) is 4.23. The maximum atomic E-state index is 11.9. The molecule has 1 N–H and O–H groups in total. The third-order valence-corrected chi connectivity index (χ3v) is 2.71. The van der Waals surface area contributed by atoms with Crippen LogP contribution in [0.1, 0.15) is 16.9 Å². The molecule has 2 rings (SSSR count). The molecule has 0 saturated carbocycles. The maximum Gasteiger partial charge on any atom is 0.267 e. The highest BCUT2D eigenvalue weighted by Crippen LogP contribution is 2.16. The minimum atomic E-state index is -0.0643. The van der Waals surface area contributed by atoms with Gasteiger partial charge >= 0.3 is 0 Å². The van der Waals surface area contributed by atoms with Crippen LogP contribution in [-0.2, 0) is 7.05 Å². The van der Waals surface area contributed by atoms with Gasteiger partial charge in [0.05, 0.1) is 11.7 Å². The van der Waals surface area contributed by atoms with Crippen molar-refractivity contribution in [2.75, 3.05) is 6.54 Å². The number of fused-ring (bicyclic) bond motifs is 1. The first-order valence-corrected chi connectivity index (χ1v) is 5.52. The number of nitrogens with zero attached hydrogens (tertiary/aromatic N) is 2. The predicted molar refractivity (Wildman–Crippen MR) is 67.9 cm³/mol. The quantitative estimate of drug-likeness (QED) is 0.642. The first-order chi connectivity index (χ1) is 8.24. The number of carbonyl (C=O) groups excluding carboxylic acids is 1. The monoisotopic (exact) mass is 229 g/mol. The number of pyridine rings is 1. The third-order valence-electron chi connectivity index (χ3n) is 2.71. The summed E-state index contributed by atoms with van der Waals surface area (Å²) >= 11 is 0. The Morgan fingerprint density at radius 2 is 2.47 bits per heavy atom. The molecule has 17 heavy (non-hydrogen) atoms. The van der Waals surface area contributed by atoms with Gasteiger partial charge in [0.1, 0.15) is 5.69 Å². The zero-order valence-electron chi connectivity index (χ0n) is 9.81. The number of carbonyl (C=O) groups is 1. The average Bonchev–Trinajstić information content (AvgIpc) is 2.68.